The average Bonchev–Trinajstić information content (AvgIpc) is 3.05. The smallest absolute Gasteiger partial charge is 0.242 e. The minimum atomic E-state index is 0.00128. The second kappa shape index (κ2) is 9.65. The topological polar surface area (TPSA) is 67.2 Å². The molecular weight excluding hydrogens is 384 g/mol. The minimum absolute atomic E-state index is 0.00128. The molecule has 3 rings (SSSR count). The summed E-state index contributed by atoms with van der Waals surface area (Å²) in [5.41, 5.74) is 1.93. The van der Waals surface area contributed by atoms with E-state index in [4.69, 9.17) is 4.98 Å². The number of likely N-dealkylation sites (tertiary alicyclic amines) is 1. The summed E-state index contributed by atoms with van der Waals surface area (Å²) < 4.78 is 2.04. The molecule has 1 aliphatic heterocycles. The fraction of sp³-hybridized carbons (Fsp3) is 0.591. The highest BCUT2D eigenvalue weighted by Crippen LogP contribution is 2.22. The molecule has 1 fully saturated rings. The third kappa shape index (κ3) is 5.13. The van der Waals surface area contributed by atoms with Crippen LogP contribution in [0.15, 0.2) is 24.3 Å². The van der Waals surface area contributed by atoms with E-state index in [1.807, 2.05) is 46.9 Å². The number of carbonyl (C=O) groups excluding carboxylic acids is 2. The molecule has 2 aromatic rings. The van der Waals surface area contributed by atoms with Crippen LogP contribution in [0, 0.1) is 11.8 Å². The molecule has 1 N–H and O–H groups in total. The molecule has 158 valence electrons. The van der Waals surface area contributed by atoms with E-state index < -0.39 is 0 Å². The second-order valence-corrected chi connectivity index (χ2v) is 9.10. The molecule has 7 heteroatoms. The maximum absolute atomic E-state index is 13.0. The summed E-state index contributed by atoms with van der Waals surface area (Å²) in [5, 5.41) is 3.11. The predicted molar refractivity (Wildman–Crippen MR) is 119 cm³/mol. The van der Waals surface area contributed by atoms with E-state index >= 15 is 0 Å². The van der Waals surface area contributed by atoms with Gasteiger partial charge in [0.05, 0.1) is 16.8 Å². The van der Waals surface area contributed by atoms with Crippen molar-refractivity contribution in [2.24, 2.45) is 11.8 Å². The van der Waals surface area contributed by atoms with Crippen LogP contribution in [0.5, 0.6) is 0 Å². The lowest BCUT2D eigenvalue weighted by atomic mass is 9.94. The van der Waals surface area contributed by atoms with E-state index in [0.717, 1.165) is 35.5 Å². The zero-order valence-corrected chi connectivity index (χ0v) is 18.7. The molecule has 2 heterocycles. The molecule has 1 aromatic heterocycles. The lowest BCUT2D eigenvalue weighted by Gasteiger charge is -2.32. The molecule has 0 bridgehead atoms. The number of amides is 2. The number of hydrogen-bond acceptors (Lipinski definition) is 4. The number of nitrogens with zero attached hydrogens (tertiary/aromatic N) is 3. The van der Waals surface area contributed by atoms with Crippen LogP contribution >= 0.6 is 11.8 Å². The fourth-order valence-corrected chi connectivity index (χ4v) is 4.15. The van der Waals surface area contributed by atoms with E-state index in [-0.39, 0.29) is 23.8 Å². The van der Waals surface area contributed by atoms with E-state index in [0.29, 0.717) is 25.6 Å². The molecule has 0 saturated carbocycles. The van der Waals surface area contributed by atoms with Crippen molar-refractivity contribution in [1.29, 1.82) is 0 Å². The van der Waals surface area contributed by atoms with Crippen LogP contribution in [0.4, 0.5) is 0 Å². The van der Waals surface area contributed by atoms with Gasteiger partial charge in [0.15, 0.2) is 0 Å². The minimum Gasteiger partial charge on any atom is -0.353 e. The van der Waals surface area contributed by atoms with Crippen molar-refractivity contribution in [3.8, 4) is 0 Å². The fourth-order valence-electron chi connectivity index (χ4n) is 3.68. The van der Waals surface area contributed by atoms with Gasteiger partial charge in [0.2, 0.25) is 11.8 Å². The summed E-state index contributed by atoms with van der Waals surface area (Å²) in [6.07, 6.45) is 3.50. The van der Waals surface area contributed by atoms with Gasteiger partial charge in [0.25, 0.3) is 0 Å². The number of fused-ring (bicyclic) bond motifs is 1. The third-order valence-corrected chi connectivity index (χ3v) is 6.44. The van der Waals surface area contributed by atoms with E-state index in [9.17, 15) is 9.59 Å². The van der Waals surface area contributed by atoms with E-state index in [1.165, 1.54) is 0 Å². The van der Waals surface area contributed by atoms with E-state index in [2.05, 4.69) is 19.2 Å². The molecule has 1 aliphatic rings. The number of nitrogens with one attached hydrogen (secondary N) is 1. The number of benzene rings is 1. The predicted octanol–water partition coefficient (Wildman–Crippen LogP) is 3.30. The quantitative estimate of drug-likeness (QED) is 0.752. The van der Waals surface area contributed by atoms with Crippen LogP contribution < -0.4 is 5.32 Å². The summed E-state index contributed by atoms with van der Waals surface area (Å²) in [6, 6.07) is 8.14. The summed E-state index contributed by atoms with van der Waals surface area (Å²) >= 11 is 1.70. The first kappa shape index (κ1) is 21.7. The molecule has 2 amide bonds. The molecule has 29 heavy (non-hydrogen) atoms. The number of hydrogen-bond donors (Lipinski definition) is 1. The number of carbonyl (C=O) groups is 2. The first-order valence-corrected chi connectivity index (χ1v) is 11.8. The van der Waals surface area contributed by atoms with Gasteiger partial charge in [-0.25, -0.2) is 4.98 Å². The Balaban J connectivity index is 1.61. The average molecular weight is 417 g/mol. The van der Waals surface area contributed by atoms with Gasteiger partial charge < -0.3 is 14.8 Å². The van der Waals surface area contributed by atoms with Gasteiger partial charge in [-0.15, -0.1) is 0 Å². The Hall–Kier alpha value is -2.02. The highest BCUT2D eigenvalue weighted by molar-refractivity contribution is 7.97. The van der Waals surface area contributed by atoms with Gasteiger partial charge in [-0.2, -0.15) is 11.8 Å². The summed E-state index contributed by atoms with van der Waals surface area (Å²) in [4.78, 5) is 32.1. The summed E-state index contributed by atoms with van der Waals surface area (Å²) in [7, 11) is 0. The van der Waals surface area contributed by atoms with Crippen LogP contribution in [-0.2, 0) is 21.9 Å². The van der Waals surface area contributed by atoms with Crippen LogP contribution in [-0.4, -0.2) is 51.7 Å². The van der Waals surface area contributed by atoms with Crippen LogP contribution in [0.1, 0.15) is 39.4 Å². The van der Waals surface area contributed by atoms with Gasteiger partial charge in [-0.05, 0) is 44.1 Å². The number of thioether (sulfide) groups is 1. The van der Waals surface area contributed by atoms with Gasteiger partial charge in [0, 0.05) is 25.0 Å². The number of para-hydroxylation sites is 2. The van der Waals surface area contributed by atoms with Crippen LogP contribution in [0.2, 0.25) is 0 Å². The molecule has 1 saturated heterocycles. The molecule has 1 unspecified atom stereocenters. The van der Waals surface area contributed by atoms with Crippen molar-refractivity contribution >= 4 is 34.6 Å². The molecule has 1 aromatic carbocycles. The van der Waals surface area contributed by atoms with Gasteiger partial charge in [-0.3, -0.25) is 9.59 Å². The lowest BCUT2D eigenvalue weighted by Crippen LogP contribution is -2.46. The van der Waals surface area contributed by atoms with Gasteiger partial charge in [0.1, 0.15) is 12.4 Å². The lowest BCUT2D eigenvalue weighted by molar-refractivity contribution is -0.136. The zero-order valence-electron chi connectivity index (χ0n) is 17.9. The maximum Gasteiger partial charge on any atom is 0.242 e. The summed E-state index contributed by atoms with van der Waals surface area (Å²) in [6.45, 7) is 7.84. The maximum atomic E-state index is 13.0. The van der Waals surface area contributed by atoms with Gasteiger partial charge in [-0.1, -0.05) is 26.0 Å². The van der Waals surface area contributed by atoms with Crippen molar-refractivity contribution in [2.75, 3.05) is 19.3 Å². The largest absolute Gasteiger partial charge is 0.353 e. The van der Waals surface area contributed by atoms with Crippen molar-refractivity contribution in [3.05, 3.63) is 30.1 Å². The van der Waals surface area contributed by atoms with Crippen LogP contribution in [0.25, 0.3) is 11.0 Å². The Morgan fingerprint density at radius 2 is 1.90 bits per heavy atom. The SMILES string of the molecule is CSCc1nc2ccccc2n1CC(=O)N1CCC(C(=O)NC(C)C(C)C)CC1. The molecule has 6 nitrogen and oxygen atoms in total. The highest BCUT2D eigenvalue weighted by Gasteiger charge is 2.28. The molecule has 1 atom stereocenters. The molecule has 0 spiro atoms. The Morgan fingerprint density at radius 1 is 1.21 bits per heavy atom. The zero-order chi connectivity index (χ0) is 21.0. The van der Waals surface area contributed by atoms with Crippen molar-refractivity contribution in [1.82, 2.24) is 19.8 Å². The number of aromatic nitrogens is 2. The summed E-state index contributed by atoms with van der Waals surface area (Å²) in [5.74, 6) is 2.36. The Kier molecular flexibility index (Phi) is 7.22. The van der Waals surface area contributed by atoms with Crippen LogP contribution in [0.3, 0.4) is 0 Å². The van der Waals surface area contributed by atoms with Crippen molar-refractivity contribution < 1.29 is 9.59 Å². The normalized spacial score (nSPS) is 16.4. The first-order valence-electron chi connectivity index (χ1n) is 10.4. The Morgan fingerprint density at radius 3 is 2.55 bits per heavy atom. The number of rotatable bonds is 7. The van der Waals surface area contributed by atoms with E-state index in [1.54, 1.807) is 11.8 Å². The number of imidazole rings is 1. The Bertz CT molecular complexity index is 856. The molecule has 0 aliphatic carbocycles. The molecular formula is C22H32N4O2S. The van der Waals surface area contributed by atoms with Crippen molar-refractivity contribution in [2.45, 2.75) is 52.0 Å². The first-order chi connectivity index (χ1) is 13.9. The van der Waals surface area contributed by atoms with Gasteiger partial charge >= 0.3 is 0 Å². The number of piperidine rings is 1. The Labute approximate surface area is 177 Å². The second-order valence-electron chi connectivity index (χ2n) is 8.23. The monoisotopic (exact) mass is 416 g/mol. The standard InChI is InChI=1S/C22H32N4O2S/c1-15(2)16(3)23-22(28)17-9-11-25(12-10-17)21(27)13-26-19-8-6-5-7-18(19)24-20(26)14-29-4/h5-8,15-17H,9-14H2,1-4H3,(H,23,28). The molecule has 0 radical (unpaired) electrons. The van der Waals surface area contributed by atoms with Crippen molar-refractivity contribution in [3.63, 3.8) is 0 Å². The third-order valence-electron chi connectivity index (χ3n) is 5.89. The highest BCUT2D eigenvalue weighted by atomic mass is 32.2.